The maximum atomic E-state index is 13.0. The molecule has 0 aliphatic rings. The van der Waals surface area contributed by atoms with Crippen molar-refractivity contribution in [3.8, 4) is 0 Å². The van der Waals surface area contributed by atoms with Gasteiger partial charge in [0.15, 0.2) is 11.0 Å². The van der Waals surface area contributed by atoms with Gasteiger partial charge < -0.3 is 16.4 Å². The number of aromatic nitrogens is 2. The quantitative estimate of drug-likeness (QED) is 0.338. The molecule has 0 unspecified atom stereocenters. The van der Waals surface area contributed by atoms with E-state index in [-0.39, 0.29) is 33.9 Å². The summed E-state index contributed by atoms with van der Waals surface area (Å²) in [5, 5.41) is 5.27. The fourth-order valence-corrected chi connectivity index (χ4v) is 3.12. The summed E-state index contributed by atoms with van der Waals surface area (Å²) in [4.78, 5) is 42.9. The number of halogens is 1. The first-order valence-corrected chi connectivity index (χ1v) is 9.81. The van der Waals surface area contributed by atoms with Gasteiger partial charge in [0.1, 0.15) is 11.5 Å². The van der Waals surface area contributed by atoms with Gasteiger partial charge in [-0.05, 0) is 29.8 Å². The topological polar surface area (TPSA) is 130 Å². The molecule has 0 bridgehead atoms. The first-order valence-electron chi connectivity index (χ1n) is 8.82. The van der Waals surface area contributed by atoms with E-state index < -0.39 is 17.3 Å². The minimum Gasteiger partial charge on any atom is -0.382 e. The molecule has 0 radical (unpaired) electrons. The Hall–Kier alpha value is -3.66. The standard InChI is InChI=1S/C20H18FN5O3S/c21-14-8-6-13(7-9-14)18(28)24-16-17(22)25-20(26-19(16)29)30-11-15(27)23-10-12-4-2-1-3-5-12/h1-9H,10-11H2,(H,23,27)(H,24,28)(H3,22,25,26,29). The summed E-state index contributed by atoms with van der Waals surface area (Å²) in [7, 11) is 0. The van der Waals surface area contributed by atoms with Crippen LogP contribution in [0.15, 0.2) is 64.5 Å². The van der Waals surface area contributed by atoms with Gasteiger partial charge in [-0.25, -0.2) is 9.37 Å². The van der Waals surface area contributed by atoms with Crippen LogP contribution in [-0.4, -0.2) is 27.5 Å². The molecule has 0 aliphatic heterocycles. The van der Waals surface area contributed by atoms with Crippen LogP contribution < -0.4 is 21.9 Å². The minimum absolute atomic E-state index is 0.0243. The van der Waals surface area contributed by atoms with Gasteiger partial charge in [-0.1, -0.05) is 42.1 Å². The Bertz CT molecular complexity index is 1100. The number of nitrogen functional groups attached to an aromatic ring is 1. The zero-order valence-corrected chi connectivity index (χ0v) is 16.5. The number of anilines is 2. The van der Waals surface area contributed by atoms with Gasteiger partial charge in [0.05, 0.1) is 5.75 Å². The number of benzene rings is 2. The van der Waals surface area contributed by atoms with Crippen LogP contribution in [0.3, 0.4) is 0 Å². The number of aromatic amines is 1. The lowest BCUT2D eigenvalue weighted by Gasteiger charge is -2.09. The van der Waals surface area contributed by atoms with Crippen LogP contribution in [0.2, 0.25) is 0 Å². The molecule has 0 aliphatic carbocycles. The van der Waals surface area contributed by atoms with E-state index in [0.717, 1.165) is 29.5 Å². The van der Waals surface area contributed by atoms with Crippen LogP contribution in [-0.2, 0) is 11.3 Å². The van der Waals surface area contributed by atoms with Crippen LogP contribution >= 0.6 is 11.8 Å². The molecule has 2 amide bonds. The molecule has 10 heteroatoms. The number of nitrogens with zero attached hydrogens (tertiary/aromatic N) is 1. The average Bonchev–Trinajstić information content (AvgIpc) is 2.74. The minimum atomic E-state index is -0.662. The van der Waals surface area contributed by atoms with Crippen molar-refractivity contribution in [3.63, 3.8) is 0 Å². The Morgan fingerprint density at radius 1 is 1.10 bits per heavy atom. The number of H-pyrrole nitrogens is 1. The van der Waals surface area contributed by atoms with Crippen molar-refractivity contribution in [2.75, 3.05) is 16.8 Å². The molecule has 8 nitrogen and oxygen atoms in total. The SMILES string of the molecule is Nc1nc(SCC(=O)NCc2ccccc2)[nH]c(=O)c1NC(=O)c1ccc(F)cc1. The predicted molar refractivity (Wildman–Crippen MR) is 113 cm³/mol. The number of nitrogens with two attached hydrogens (primary N) is 1. The fourth-order valence-electron chi connectivity index (χ4n) is 2.43. The molecule has 2 aromatic carbocycles. The molecule has 3 rings (SSSR count). The lowest BCUT2D eigenvalue weighted by atomic mass is 10.2. The zero-order chi connectivity index (χ0) is 21.5. The second-order valence-electron chi connectivity index (χ2n) is 6.14. The first kappa shape index (κ1) is 21.1. The molecule has 0 saturated heterocycles. The third-order valence-corrected chi connectivity index (χ3v) is 4.82. The number of hydrogen-bond acceptors (Lipinski definition) is 6. The summed E-state index contributed by atoms with van der Waals surface area (Å²) >= 11 is 1.00. The van der Waals surface area contributed by atoms with Crippen LogP contribution in [0.25, 0.3) is 0 Å². The normalized spacial score (nSPS) is 10.4. The highest BCUT2D eigenvalue weighted by Gasteiger charge is 2.15. The third-order valence-electron chi connectivity index (χ3n) is 3.94. The van der Waals surface area contributed by atoms with Crippen molar-refractivity contribution in [1.29, 1.82) is 0 Å². The molecule has 0 saturated carbocycles. The average molecular weight is 427 g/mol. The number of rotatable bonds is 7. The van der Waals surface area contributed by atoms with E-state index in [0.29, 0.717) is 6.54 Å². The predicted octanol–water partition coefficient (Wildman–Crippen LogP) is 2.15. The lowest BCUT2D eigenvalue weighted by Crippen LogP contribution is -2.25. The van der Waals surface area contributed by atoms with Crippen LogP contribution in [0.5, 0.6) is 0 Å². The first-order chi connectivity index (χ1) is 14.4. The van der Waals surface area contributed by atoms with Gasteiger partial charge in [-0.2, -0.15) is 0 Å². The Labute approximate surface area is 175 Å². The number of nitrogens with one attached hydrogen (secondary N) is 3. The van der Waals surface area contributed by atoms with Gasteiger partial charge >= 0.3 is 0 Å². The van der Waals surface area contributed by atoms with Gasteiger partial charge in [0.25, 0.3) is 11.5 Å². The van der Waals surface area contributed by atoms with Crippen molar-refractivity contribution >= 4 is 35.1 Å². The van der Waals surface area contributed by atoms with Crippen LogP contribution in [0.1, 0.15) is 15.9 Å². The van der Waals surface area contributed by atoms with Gasteiger partial charge in [-0.15, -0.1) is 0 Å². The number of carbonyl (C=O) groups excluding carboxylic acids is 2. The van der Waals surface area contributed by atoms with Gasteiger partial charge in [0, 0.05) is 12.1 Å². The number of carbonyl (C=O) groups is 2. The molecule has 5 N–H and O–H groups in total. The number of amides is 2. The maximum Gasteiger partial charge on any atom is 0.277 e. The lowest BCUT2D eigenvalue weighted by molar-refractivity contribution is -0.118. The highest BCUT2D eigenvalue weighted by Crippen LogP contribution is 2.17. The maximum absolute atomic E-state index is 13.0. The van der Waals surface area contributed by atoms with Crippen molar-refractivity contribution < 1.29 is 14.0 Å². The van der Waals surface area contributed by atoms with E-state index in [9.17, 15) is 18.8 Å². The molecule has 154 valence electrons. The highest BCUT2D eigenvalue weighted by atomic mass is 32.2. The summed E-state index contributed by atoms with van der Waals surface area (Å²) in [6, 6.07) is 14.2. The van der Waals surface area contributed by atoms with E-state index >= 15 is 0 Å². The molecule has 0 spiro atoms. The molecular weight excluding hydrogens is 409 g/mol. The summed E-state index contributed by atoms with van der Waals surface area (Å²) < 4.78 is 13.0. The van der Waals surface area contributed by atoms with Crippen LogP contribution in [0, 0.1) is 5.82 Å². The fraction of sp³-hybridized carbons (Fsp3) is 0.100. The molecule has 1 aromatic heterocycles. The smallest absolute Gasteiger partial charge is 0.277 e. The third kappa shape index (κ3) is 5.67. The van der Waals surface area contributed by atoms with E-state index in [1.54, 1.807) is 0 Å². The van der Waals surface area contributed by atoms with Gasteiger partial charge in [0.2, 0.25) is 5.91 Å². The van der Waals surface area contributed by atoms with E-state index in [1.807, 2.05) is 30.3 Å². The molecule has 1 heterocycles. The summed E-state index contributed by atoms with van der Waals surface area (Å²) in [6.45, 7) is 0.390. The largest absolute Gasteiger partial charge is 0.382 e. The van der Waals surface area contributed by atoms with Crippen molar-refractivity contribution in [3.05, 3.63) is 81.9 Å². The molecule has 0 fully saturated rings. The Morgan fingerprint density at radius 3 is 2.47 bits per heavy atom. The van der Waals surface area contributed by atoms with Crippen molar-refractivity contribution in [2.45, 2.75) is 11.7 Å². The van der Waals surface area contributed by atoms with Gasteiger partial charge in [-0.3, -0.25) is 19.4 Å². The molecule has 0 atom stereocenters. The molecular formula is C20H18FN5O3S. The zero-order valence-electron chi connectivity index (χ0n) is 15.6. The monoisotopic (exact) mass is 427 g/mol. The van der Waals surface area contributed by atoms with E-state index in [1.165, 1.54) is 12.1 Å². The highest BCUT2D eigenvalue weighted by molar-refractivity contribution is 7.99. The second-order valence-corrected chi connectivity index (χ2v) is 7.11. The summed E-state index contributed by atoms with van der Waals surface area (Å²) in [5.41, 5.74) is 6.03. The number of hydrogen-bond donors (Lipinski definition) is 4. The second kappa shape index (κ2) is 9.70. The Kier molecular flexibility index (Phi) is 6.81. The summed E-state index contributed by atoms with van der Waals surface area (Å²) in [5.74, 6) is -1.52. The van der Waals surface area contributed by atoms with E-state index in [4.69, 9.17) is 5.73 Å². The molecule has 3 aromatic rings. The summed E-state index contributed by atoms with van der Waals surface area (Å²) in [6.07, 6.45) is 0. The van der Waals surface area contributed by atoms with Crippen LogP contribution in [0.4, 0.5) is 15.9 Å². The number of thioether (sulfide) groups is 1. The van der Waals surface area contributed by atoms with E-state index in [2.05, 4.69) is 20.6 Å². The van der Waals surface area contributed by atoms with Crippen molar-refractivity contribution in [1.82, 2.24) is 15.3 Å². The Balaban J connectivity index is 1.58. The Morgan fingerprint density at radius 2 is 1.80 bits per heavy atom. The van der Waals surface area contributed by atoms with Crippen molar-refractivity contribution in [2.24, 2.45) is 0 Å². The molecule has 30 heavy (non-hydrogen) atoms.